The molecule has 0 saturated heterocycles. The van der Waals surface area contributed by atoms with Crippen LogP contribution in [0.3, 0.4) is 0 Å². The van der Waals surface area contributed by atoms with Crippen LogP contribution in [0.15, 0.2) is 22.7 Å². The number of hydrogen-bond donors (Lipinski definition) is 1. The summed E-state index contributed by atoms with van der Waals surface area (Å²) >= 11 is 2.99. The lowest BCUT2D eigenvalue weighted by Crippen LogP contribution is -2.37. The van der Waals surface area contributed by atoms with Gasteiger partial charge >= 0.3 is 6.18 Å². The molecule has 1 rings (SSSR count). The fraction of sp³-hybridized carbons (Fsp3) is 0.500. The zero-order valence-corrected chi connectivity index (χ0v) is 13.2. The second kappa shape index (κ2) is 6.11. The maximum Gasteiger partial charge on any atom is 0.395 e. The Morgan fingerprint density at radius 2 is 1.90 bits per heavy atom. The molecule has 2 N–H and O–H groups in total. The minimum Gasteiger partial charge on any atom is -0.251 e. The summed E-state index contributed by atoms with van der Waals surface area (Å²) in [5, 5.41) is 5.21. The van der Waals surface area contributed by atoms with Crippen molar-refractivity contribution >= 4 is 26.9 Å². The molecule has 0 aliphatic heterocycles. The molecule has 0 aromatic heterocycles. The highest BCUT2D eigenvalue weighted by Gasteiger charge is 2.45. The van der Waals surface area contributed by atoms with Crippen molar-refractivity contribution in [2.45, 2.75) is 37.1 Å². The molecule has 2 atom stereocenters. The van der Waals surface area contributed by atoms with Gasteiger partial charge in [0.1, 0.15) is 5.82 Å². The molecule has 0 fully saturated rings. The number of hydrogen-bond acceptors (Lipinski definition) is 1. The van der Waals surface area contributed by atoms with E-state index in [1.54, 1.807) is 0 Å². The lowest BCUT2D eigenvalue weighted by Gasteiger charge is -2.29. The Morgan fingerprint density at radius 3 is 2.30 bits per heavy atom. The minimum atomic E-state index is -4.65. The molecule has 0 bridgehead atoms. The van der Waals surface area contributed by atoms with E-state index in [9.17, 15) is 21.8 Å². The van der Waals surface area contributed by atoms with Crippen LogP contribution in [0.5, 0.6) is 0 Å². The van der Waals surface area contributed by atoms with Gasteiger partial charge in [-0.15, -0.1) is 0 Å². The van der Waals surface area contributed by atoms with Gasteiger partial charge in [-0.05, 0) is 32.4 Å². The van der Waals surface area contributed by atoms with Gasteiger partial charge in [-0.1, -0.05) is 22.0 Å². The molecule has 0 radical (unpaired) electrons. The lowest BCUT2D eigenvalue weighted by molar-refractivity contribution is -0.153. The molecule has 1 aromatic carbocycles. The molecular formula is C12H14BrF4NOS. The Morgan fingerprint density at radius 1 is 1.35 bits per heavy atom. The molecule has 1 unspecified atom stereocenters. The standard InChI is InChI=1S/C12H14BrF4NOS/c1-11(2,20(18)19)6-9(12(15,16)17)8-4-3-7(13)5-10(8)14/h3-5,9H,6,18H2,1-2H3/t9-,20?/m0/s1. The summed E-state index contributed by atoms with van der Waals surface area (Å²) in [4.78, 5) is 0. The number of benzene rings is 1. The minimum absolute atomic E-state index is 0.348. The van der Waals surface area contributed by atoms with Gasteiger partial charge in [-0.25, -0.2) is 8.60 Å². The Balaban J connectivity index is 3.24. The van der Waals surface area contributed by atoms with Crippen LogP contribution in [0.1, 0.15) is 31.7 Å². The molecule has 20 heavy (non-hydrogen) atoms. The molecule has 114 valence electrons. The van der Waals surface area contributed by atoms with Gasteiger partial charge in [-0.3, -0.25) is 5.14 Å². The van der Waals surface area contributed by atoms with E-state index < -0.39 is 45.6 Å². The van der Waals surface area contributed by atoms with Crippen molar-refractivity contribution in [3.63, 3.8) is 0 Å². The molecule has 0 heterocycles. The predicted octanol–water partition coefficient (Wildman–Crippen LogP) is 4.03. The number of nitrogens with two attached hydrogens (primary N) is 1. The van der Waals surface area contributed by atoms with Gasteiger partial charge in [0, 0.05) is 10.0 Å². The first-order valence-electron chi connectivity index (χ1n) is 5.63. The number of alkyl halides is 3. The van der Waals surface area contributed by atoms with E-state index in [0.29, 0.717) is 4.47 Å². The van der Waals surface area contributed by atoms with Crippen LogP contribution in [0.4, 0.5) is 17.6 Å². The highest BCUT2D eigenvalue weighted by Crippen LogP contribution is 2.42. The zero-order valence-electron chi connectivity index (χ0n) is 10.8. The summed E-state index contributed by atoms with van der Waals surface area (Å²) in [6.07, 6.45) is -5.20. The third-order valence-corrected chi connectivity index (χ3v) is 4.72. The summed E-state index contributed by atoms with van der Waals surface area (Å²) in [6, 6.07) is 3.39. The van der Waals surface area contributed by atoms with Crippen molar-refractivity contribution in [3.05, 3.63) is 34.1 Å². The van der Waals surface area contributed by atoms with Gasteiger partial charge in [0.15, 0.2) is 0 Å². The molecule has 1 aromatic rings. The second-order valence-electron chi connectivity index (χ2n) is 5.02. The average molecular weight is 376 g/mol. The van der Waals surface area contributed by atoms with Gasteiger partial charge < -0.3 is 0 Å². The smallest absolute Gasteiger partial charge is 0.251 e. The van der Waals surface area contributed by atoms with E-state index in [1.165, 1.54) is 19.9 Å². The Kier molecular flexibility index (Phi) is 5.37. The highest BCUT2D eigenvalue weighted by molar-refractivity contribution is 9.10. The van der Waals surface area contributed by atoms with Gasteiger partial charge in [0.05, 0.1) is 21.7 Å². The molecule has 0 spiro atoms. The fourth-order valence-electron chi connectivity index (χ4n) is 1.76. The average Bonchev–Trinajstić information content (AvgIpc) is 2.25. The predicted molar refractivity (Wildman–Crippen MR) is 73.9 cm³/mol. The van der Waals surface area contributed by atoms with Crippen LogP contribution in [0, 0.1) is 5.82 Å². The van der Waals surface area contributed by atoms with Crippen molar-refractivity contribution < 1.29 is 21.8 Å². The van der Waals surface area contributed by atoms with E-state index in [-0.39, 0.29) is 0 Å². The molecular weight excluding hydrogens is 362 g/mol. The lowest BCUT2D eigenvalue weighted by atomic mass is 9.89. The van der Waals surface area contributed by atoms with E-state index in [2.05, 4.69) is 15.9 Å². The van der Waals surface area contributed by atoms with E-state index in [1.807, 2.05) is 0 Å². The van der Waals surface area contributed by atoms with Crippen LogP contribution in [0.2, 0.25) is 0 Å². The summed E-state index contributed by atoms with van der Waals surface area (Å²) in [5.41, 5.74) is -0.473. The molecule has 0 aliphatic rings. The maximum atomic E-state index is 13.8. The highest BCUT2D eigenvalue weighted by atomic mass is 79.9. The van der Waals surface area contributed by atoms with Gasteiger partial charge in [0.2, 0.25) is 0 Å². The van der Waals surface area contributed by atoms with E-state index in [4.69, 9.17) is 5.14 Å². The van der Waals surface area contributed by atoms with Crippen molar-refractivity contribution in [3.8, 4) is 0 Å². The monoisotopic (exact) mass is 375 g/mol. The largest absolute Gasteiger partial charge is 0.395 e. The third kappa shape index (κ3) is 4.26. The van der Waals surface area contributed by atoms with Gasteiger partial charge in [0.25, 0.3) is 0 Å². The normalized spacial score (nSPS) is 16.0. The second-order valence-corrected chi connectivity index (χ2v) is 7.64. The first-order chi connectivity index (χ1) is 8.95. The van der Waals surface area contributed by atoms with Crippen molar-refractivity contribution in [2.75, 3.05) is 0 Å². The van der Waals surface area contributed by atoms with E-state index >= 15 is 0 Å². The fourth-order valence-corrected chi connectivity index (χ4v) is 2.42. The molecule has 2 nitrogen and oxygen atoms in total. The van der Waals surface area contributed by atoms with Crippen LogP contribution in [0.25, 0.3) is 0 Å². The van der Waals surface area contributed by atoms with Crippen molar-refractivity contribution in [2.24, 2.45) is 5.14 Å². The van der Waals surface area contributed by atoms with Crippen molar-refractivity contribution in [1.29, 1.82) is 0 Å². The first-order valence-corrected chi connectivity index (χ1v) is 7.63. The number of rotatable bonds is 4. The van der Waals surface area contributed by atoms with Crippen LogP contribution < -0.4 is 5.14 Å². The molecule has 0 aliphatic carbocycles. The topological polar surface area (TPSA) is 43.1 Å². The quantitative estimate of drug-likeness (QED) is 0.793. The van der Waals surface area contributed by atoms with Crippen LogP contribution in [-0.2, 0) is 11.0 Å². The van der Waals surface area contributed by atoms with Crippen LogP contribution >= 0.6 is 15.9 Å². The van der Waals surface area contributed by atoms with Gasteiger partial charge in [-0.2, -0.15) is 13.2 Å². The third-order valence-electron chi connectivity index (χ3n) is 2.97. The van der Waals surface area contributed by atoms with E-state index in [0.717, 1.165) is 12.1 Å². The SMILES string of the molecule is CC(C)(C[C@@H](c1ccc(Br)cc1F)C(F)(F)F)S(N)=O. The first kappa shape index (κ1) is 17.6. The van der Waals surface area contributed by atoms with Crippen molar-refractivity contribution in [1.82, 2.24) is 0 Å². The number of halogens is 5. The maximum absolute atomic E-state index is 13.8. The summed E-state index contributed by atoms with van der Waals surface area (Å²) in [6.45, 7) is 2.72. The summed E-state index contributed by atoms with van der Waals surface area (Å²) < 4.78 is 63.6. The van der Waals surface area contributed by atoms with Crippen LogP contribution in [-0.4, -0.2) is 15.1 Å². The Labute approximate surface area is 125 Å². The summed E-state index contributed by atoms with van der Waals surface area (Å²) in [5.74, 6) is -3.02. The summed E-state index contributed by atoms with van der Waals surface area (Å²) in [7, 11) is -1.95. The zero-order chi connectivity index (χ0) is 15.7. The Hall–Kier alpha value is -0.470. The Bertz CT molecular complexity index is 519. The molecule has 0 amide bonds. The molecule has 8 heteroatoms. The molecule has 0 saturated carbocycles.